The molecule has 1 atom stereocenters. The van der Waals surface area contributed by atoms with Crippen LogP contribution in [0.3, 0.4) is 0 Å². The second-order valence-electron chi connectivity index (χ2n) is 4.59. The molecule has 112 valence electrons. The smallest absolute Gasteiger partial charge is 0.339 e. The molecule has 21 heavy (non-hydrogen) atoms. The summed E-state index contributed by atoms with van der Waals surface area (Å²) < 4.78 is 5.52. The van der Waals surface area contributed by atoms with Crippen molar-refractivity contribution < 1.29 is 19.1 Å². The number of amides is 1. The molecule has 1 amide bonds. The van der Waals surface area contributed by atoms with E-state index in [4.69, 9.17) is 4.74 Å². The molecule has 0 N–H and O–H groups in total. The average Bonchev–Trinajstić information content (AvgIpc) is 2.77. The first-order chi connectivity index (χ1) is 9.92. The third-order valence-electron chi connectivity index (χ3n) is 3.08. The van der Waals surface area contributed by atoms with E-state index in [0.29, 0.717) is 17.8 Å². The summed E-state index contributed by atoms with van der Waals surface area (Å²) in [5, 5.41) is -0.100. The maximum atomic E-state index is 12.2. The SMILES string of the molecule is COC(=O)c1ccc(Br)cc1N1CC(SC(C)=O)CC1=O. The number of hydrogen-bond acceptors (Lipinski definition) is 5. The van der Waals surface area contributed by atoms with Crippen LogP contribution >= 0.6 is 27.7 Å². The predicted molar refractivity (Wildman–Crippen MR) is 84.5 cm³/mol. The van der Waals surface area contributed by atoms with Crippen LogP contribution < -0.4 is 4.90 Å². The topological polar surface area (TPSA) is 63.7 Å². The molecule has 1 heterocycles. The number of methoxy groups -OCH3 is 1. The number of nitrogens with zero attached hydrogens (tertiary/aromatic N) is 1. The van der Waals surface area contributed by atoms with Crippen molar-refractivity contribution in [1.82, 2.24) is 0 Å². The predicted octanol–water partition coefficient (Wildman–Crippen LogP) is 2.62. The van der Waals surface area contributed by atoms with Crippen molar-refractivity contribution in [2.24, 2.45) is 0 Å². The molecule has 0 spiro atoms. The second kappa shape index (κ2) is 6.62. The summed E-state index contributed by atoms with van der Waals surface area (Å²) in [6.45, 7) is 1.89. The molecule has 5 nitrogen and oxygen atoms in total. The van der Waals surface area contributed by atoms with Crippen molar-refractivity contribution in [1.29, 1.82) is 0 Å². The lowest BCUT2D eigenvalue weighted by molar-refractivity contribution is -0.117. The Morgan fingerprint density at radius 2 is 2.14 bits per heavy atom. The van der Waals surface area contributed by atoms with Crippen molar-refractivity contribution in [2.45, 2.75) is 18.6 Å². The number of halogens is 1. The van der Waals surface area contributed by atoms with Gasteiger partial charge in [-0.25, -0.2) is 4.79 Å². The lowest BCUT2D eigenvalue weighted by atomic mass is 10.1. The summed E-state index contributed by atoms with van der Waals surface area (Å²) in [5.74, 6) is -0.593. The van der Waals surface area contributed by atoms with Gasteiger partial charge >= 0.3 is 5.97 Å². The molecule has 2 rings (SSSR count). The molecule has 0 radical (unpaired) electrons. The van der Waals surface area contributed by atoms with Crippen molar-refractivity contribution >= 4 is 50.4 Å². The molecule has 1 saturated heterocycles. The van der Waals surface area contributed by atoms with E-state index in [2.05, 4.69) is 15.9 Å². The van der Waals surface area contributed by atoms with E-state index in [1.165, 1.54) is 18.9 Å². The Morgan fingerprint density at radius 1 is 1.43 bits per heavy atom. The Morgan fingerprint density at radius 3 is 2.76 bits per heavy atom. The molecule has 1 aromatic carbocycles. The van der Waals surface area contributed by atoms with Crippen LogP contribution in [-0.2, 0) is 14.3 Å². The zero-order valence-electron chi connectivity index (χ0n) is 11.6. The number of anilines is 1. The monoisotopic (exact) mass is 371 g/mol. The molecule has 0 aromatic heterocycles. The number of carbonyl (C=O) groups excluding carboxylic acids is 3. The Hall–Kier alpha value is -1.34. The van der Waals surface area contributed by atoms with Gasteiger partial charge in [0.05, 0.1) is 18.4 Å². The number of thioether (sulfide) groups is 1. The van der Waals surface area contributed by atoms with E-state index in [1.54, 1.807) is 18.2 Å². The fourth-order valence-corrected chi connectivity index (χ4v) is 3.50. The van der Waals surface area contributed by atoms with Gasteiger partial charge in [-0.1, -0.05) is 27.7 Å². The first kappa shape index (κ1) is 16.0. The van der Waals surface area contributed by atoms with Crippen LogP contribution in [0.5, 0.6) is 0 Å². The standard InChI is InChI=1S/C14H14BrNO4S/c1-8(17)21-10-6-13(18)16(7-10)12-5-9(15)3-4-11(12)14(19)20-2/h3-5,10H,6-7H2,1-2H3. The van der Waals surface area contributed by atoms with Gasteiger partial charge in [0.2, 0.25) is 5.91 Å². The van der Waals surface area contributed by atoms with Gasteiger partial charge < -0.3 is 9.64 Å². The van der Waals surface area contributed by atoms with Crippen LogP contribution in [0.1, 0.15) is 23.7 Å². The number of esters is 1. The molecule has 0 bridgehead atoms. The minimum Gasteiger partial charge on any atom is -0.465 e. The number of carbonyl (C=O) groups is 3. The van der Waals surface area contributed by atoms with E-state index in [0.717, 1.165) is 16.2 Å². The van der Waals surface area contributed by atoms with Gasteiger partial charge in [-0.2, -0.15) is 0 Å². The van der Waals surface area contributed by atoms with Crippen LogP contribution in [0.4, 0.5) is 5.69 Å². The van der Waals surface area contributed by atoms with Crippen molar-refractivity contribution in [2.75, 3.05) is 18.6 Å². The van der Waals surface area contributed by atoms with Gasteiger partial charge in [-0.05, 0) is 18.2 Å². The van der Waals surface area contributed by atoms with Crippen molar-refractivity contribution in [3.63, 3.8) is 0 Å². The highest BCUT2D eigenvalue weighted by atomic mass is 79.9. The molecule has 1 unspecified atom stereocenters. The maximum Gasteiger partial charge on any atom is 0.339 e. The van der Waals surface area contributed by atoms with E-state index in [9.17, 15) is 14.4 Å². The van der Waals surface area contributed by atoms with Gasteiger partial charge in [0.1, 0.15) is 0 Å². The highest BCUT2D eigenvalue weighted by Gasteiger charge is 2.34. The average molecular weight is 372 g/mol. The van der Waals surface area contributed by atoms with Crippen molar-refractivity contribution in [3.8, 4) is 0 Å². The van der Waals surface area contributed by atoms with Crippen LogP contribution in [0.2, 0.25) is 0 Å². The Labute approximate surface area is 135 Å². The summed E-state index contributed by atoms with van der Waals surface area (Å²) in [4.78, 5) is 36.7. The van der Waals surface area contributed by atoms with Gasteiger partial charge in [-0.15, -0.1) is 0 Å². The lowest BCUT2D eigenvalue weighted by Gasteiger charge is -2.19. The summed E-state index contributed by atoms with van der Waals surface area (Å²) in [5.41, 5.74) is 0.843. The van der Waals surface area contributed by atoms with Crippen LogP contribution in [0.25, 0.3) is 0 Å². The molecular formula is C14H14BrNO4S. The zero-order valence-corrected chi connectivity index (χ0v) is 14.0. The minimum atomic E-state index is -0.493. The van der Waals surface area contributed by atoms with E-state index in [1.807, 2.05) is 0 Å². The van der Waals surface area contributed by atoms with Crippen molar-refractivity contribution in [3.05, 3.63) is 28.2 Å². The second-order valence-corrected chi connectivity index (χ2v) is 6.99. The molecule has 1 fully saturated rings. The van der Waals surface area contributed by atoms with Crippen LogP contribution in [-0.4, -0.2) is 35.9 Å². The molecule has 0 aliphatic carbocycles. The molecule has 0 saturated carbocycles. The summed E-state index contributed by atoms with van der Waals surface area (Å²) in [7, 11) is 1.30. The first-order valence-corrected chi connectivity index (χ1v) is 7.95. The maximum absolute atomic E-state index is 12.2. The summed E-state index contributed by atoms with van der Waals surface area (Å²) >= 11 is 4.50. The van der Waals surface area contributed by atoms with E-state index < -0.39 is 5.97 Å². The summed E-state index contributed by atoms with van der Waals surface area (Å²) in [6, 6.07) is 5.05. The molecule has 1 aliphatic rings. The number of hydrogen-bond donors (Lipinski definition) is 0. The third-order valence-corrected chi connectivity index (χ3v) is 4.55. The largest absolute Gasteiger partial charge is 0.465 e. The Kier molecular flexibility index (Phi) is 5.05. The minimum absolute atomic E-state index is 0.0166. The van der Waals surface area contributed by atoms with Gasteiger partial charge in [0.15, 0.2) is 5.12 Å². The number of rotatable bonds is 3. The Balaban J connectivity index is 2.33. The van der Waals surface area contributed by atoms with Gasteiger partial charge in [0, 0.05) is 29.6 Å². The zero-order chi connectivity index (χ0) is 15.6. The van der Waals surface area contributed by atoms with E-state index in [-0.39, 0.29) is 22.7 Å². The highest BCUT2D eigenvalue weighted by molar-refractivity contribution is 9.10. The number of benzene rings is 1. The Bertz CT molecular complexity index is 605. The van der Waals surface area contributed by atoms with E-state index >= 15 is 0 Å². The molecular weight excluding hydrogens is 358 g/mol. The fourth-order valence-electron chi connectivity index (χ4n) is 2.23. The fraction of sp³-hybridized carbons (Fsp3) is 0.357. The van der Waals surface area contributed by atoms with Crippen LogP contribution in [0.15, 0.2) is 22.7 Å². The molecule has 7 heteroatoms. The highest BCUT2D eigenvalue weighted by Crippen LogP contribution is 2.32. The quantitative estimate of drug-likeness (QED) is 0.764. The van der Waals surface area contributed by atoms with Gasteiger partial charge in [0.25, 0.3) is 0 Å². The number of ether oxygens (including phenoxy) is 1. The summed E-state index contributed by atoms with van der Waals surface area (Å²) in [6.07, 6.45) is 0.289. The molecule has 1 aromatic rings. The molecule has 1 aliphatic heterocycles. The first-order valence-electron chi connectivity index (χ1n) is 6.28. The third kappa shape index (κ3) is 3.65. The van der Waals surface area contributed by atoms with Crippen LogP contribution in [0, 0.1) is 0 Å². The normalized spacial score (nSPS) is 18.0. The lowest BCUT2D eigenvalue weighted by Crippen LogP contribution is -2.27. The van der Waals surface area contributed by atoms with Gasteiger partial charge in [-0.3, -0.25) is 9.59 Å².